The Morgan fingerprint density at radius 2 is 1.94 bits per heavy atom. The summed E-state index contributed by atoms with van der Waals surface area (Å²) in [6, 6.07) is 11.2. The normalized spacial score (nSPS) is 23.3. The van der Waals surface area contributed by atoms with Gasteiger partial charge in [0.05, 0.1) is 25.4 Å². The van der Waals surface area contributed by atoms with Crippen molar-refractivity contribution in [1.82, 2.24) is 20.4 Å². The summed E-state index contributed by atoms with van der Waals surface area (Å²) in [4.78, 5) is 9.55. The highest BCUT2D eigenvalue weighted by Crippen LogP contribution is 2.19. The number of hydrogen-bond acceptors (Lipinski definition) is 5. The Kier molecular flexibility index (Phi) is 9.58. The summed E-state index contributed by atoms with van der Waals surface area (Å²) < 4.78 is 5.41. The first kappa shape index (κ1) is 24.0. The number of rotatable bonds is 9. The number of aliphatic imine (C=N–C) groups is 1. The van der Waals surface area contributed by atoms with Crippen LogP contribution in [0, 0.1) is 0 Å². The number of aliphatic hydroxyl groups is 1. The molecule has 0 aromatic heterocycles. The molecule has 0 amide bonds. The molecule has 7 heteroatoms. The first-order chi connectivity index (χ1) is 15.1. The van der Waals surface area contributed by atoms with Crippen molar-refractivity contribution >= 4 is 5.96 Å². The monoisotopic (exact) mass is 431 g/mol. The summed E-state index contributed by atoms with van der Waals surface area (Å²) in [6.45, 7) is 12.0. The summed E-state index contributed by atoms with van der Waals surface area (Å²) >= 11 is 0. The van der Waals surface area contributed by atoms with E-state index in [0.717, 1.165) is 58.4 Å². The van der Waals surface area contributed by atoms with Crippen molar-refractivity contribution in [2.45, 2.75) is 51.3 Å². The average molecular weight is 432 g/mol. The predicted molar refractivity (Wildman–Crippen MR) is 126 cm³/mol. The second kappa shape index (κ2) is 12.4. The minimum atomic E-state index is -0.857. The maximum Gasteiger partial charge on any atom is 0.191 e. The van der Waals surface area contributed by atoms with Crippen LogP contribution in [-0.4, -0.2) is 91.5 Å². The van der Waals surface area contributed by atoms with Gasteiger partial charge in [0.2, 0.25) is 0 Å². The molecule has 2 aliphatic heterocycles. The highest BCUT2D eigenvalue weighted by molar-refractivity contribution is 5.79. The van der Waals surface area contributed by atoms with Gasteiger partial charge in [0.15, 0.2) is 5.96 Å². The van der Waals surface area contributed by atoms with Gasteiger partial charge in [-0.3, -0.25) is 14.8 Å². The van der Waals surface area contributed by atoms with Gasteiger partial charge in [-0.2, -0.15) is 0 Å². The molecule has 2 atom stereocenters. The highest BCUT2D eigenvalue weighted by atomic mass is 16.5. The highest BCUT2D eigenvalue weighted by Gasteiger charge is 2.26. The quantitative estimate of drug-likeness (QED) is 0.408. The van der Waals surface area contributed by atoms with E-state index >= 15 is 0 Å². The maximum atomic E-state index is 10.9. The molecule has 2 saturated heterocycles. The Balaban J connectivity index is 1.52. The molecule has 0 spiro atoms. The molecule has 2 fully saturated rings. The van der Waals surface area contributed by atoms with Crippen molar-refractivity contribution in [3.8, 4) is 0 Å². The maximum absolute atomic E-state index is 10.9. The van der Waals surface area contributed by atoms with E-state index < -0.39 is 5.60 Å². The first-order valence-corrected chi connectivity index (χ1v) is 11.9. The summed E-state index contributed by atoms with van der Waals surface area (Å²) in [5.74, 6) is 0.787. The molecule has 0 radical (unpaired) electrons. The number of β-amino-alcohol motifs (C(OH)–C–C–N with tert-alkyl or cyclic N) is 1. The van der Waals surface area contributed by atoms with E-state index in [-0.39, 0.29) is 0 Å². The topological polar surface area (TPSA) is 72.4 Å². The smallest absolute Gasteiger partial charge is 0.191 e. The lowest BCUT2D eigenvalue weighted by molar-refractivity contribution is -0.0180. The molecule has 31 heavy (non-hydrogen) atoms. The number of hydrogen-bond donors (Lipinski definition) is 3. The van der Waals surface area contributed by atoms with E-state index in [1.165, 1.54) is 24.8 Å². The van der Waals surface area contributed by atoms with Crippen LogP contribution in [-0.2, 0) is 11.3 Å². The van der Waals surface area contributed by atoms with Crippen molar-refractivity contribution in [3.63, 3.8) is 0 Å². The number of piperidine rings is 1. The summed E-state index contributed by atoms with van der Waals surface area (Å²) in [5.41, 5.74) is 0.512. The lowest BCUT2D eigenvalue weighted by Gasteiger charge is -2.36. The second-order valence-electron chi connectivity index (χ2n) is 9.07. The zero-order valence-corrected chi connectivity index (χ0v) is 19.4. The Morgan fingerprint density at radius 1 is 1.16 bits per heavy atom. The minimum Gasteiger partial charge on any atom is -0.387 e. The Bertz CT molecular complexity index is 661. The molecule has 2 unspecified atom stereocenters. The summed E-state index contributed by atoms with van der Waals surface area (Å²) in [6.07, 6.45) is 3.75. The van der Waals surface area contributed by atoms with Crippen molar-refractivity contribution in [1.29, 1.82) is 0 Å². The van der Waals surface area contributed by atoms with E-state index in [1.54, 1.807) is 0 Å². The Hall–Kier alpha value is -1.67. The van der Waals surface area contributed by atoms with Crippen LogP contribution in [0.15, 0.2) is 35.3 Å². The SMILES string of the molecule is CCNC(=NCC(C)(O)CN1CCOCC1)NCC1CCCCN1Cc1ccccc1. The lowest BCUT2D eigenvalue weighted by atomic mass is 10.0. The van der Waals surface area contributed by atoms with Gasteiger partial charge in [-0.25, -0.2) is 0 Å². The van der Waals surface area contributed by atoms with Gasteiger partial charge in [-0.15, -0.1) is 0 Å². The number of morpholine rings is 1. The number of ether oxygens (including phenoxy) is 1. The molecule has 7 nitrogen and oxygen atoms in total. The molecule has 0 aliphatic carbocycles. The minimum absolute atomic E-state index is 0.373. The zero-order valence-electron chi connectivity index (χ0n) is 19.4. The zero-order chi connectivity index (χ0) is 21.9. The van der Waals surface area contributed by atoms with E-state index in [0.29, 0.717) is 19.1 Å². The molecular weight excluding hydrogens is 390 g/mol. The molecule has 174 valence electrons. The molecule has 1 aromatic carbocycles. The number of nitrogens with zero attached hydrogens (tertiary/aromatic N) is 3. The van der Waals surface area contributed by atoms with E-state index in [2.05, 4.69) is 57.7 Å². The Labute approximate surface area is 187 Å². The lowest BCUT2D eigenvalue weighted by Crippen LogP contribution is -2.50. The molecular formula is C24H41N5O2. The van der Waals surface area contributed by atoms with E-state index in [9.17, 15) is 5.11 Å². The van der Waals surface area contributed by atoms with Crippen molar-refractivity contribution in [3.05, 3.63) is 35.9 Å². The van der Waals surface area contributed by atoms with Crippen molar-refractivity contribution in [2.24, 2.45) is 4.99 Å². The standard InChI is InChI=1S/C24H41N5O2/c1-3-25-23(27-19-24(2,30)20-28-13-15-31-16-14-28)26-17-22-11-7-8-12-29(22)18-21-9-5-4-6-10-21/h4-6,9-10,22,30H,3,7-8,11-20H2,1-2H3,(H2,25,26,27). The fourth-order valence-electron chi connectivity index (χ4n) is 4.41. The third-order valence-electron chi connectivity index (χ3n) is 6.07. The van der Waals surface area contributed by atoms with Gasteiger partial charge in [0.25, 0.3) is 0 Å². The van der Waals surface area contributed by atoms with Crippen LogP contribution in [0.4, 0.5) is 0 Å². The predicted octanol–water partition coefficient (Wildman–Crippen LogP) is 1.68. The molecule has 0 saturated carbocycles. The fourth-order valence-corrected chi connectivity index (χ4v) is 4.41. The largest absolute Gasteiger partial charge is 0.387 e. The van der Waals surface area contributed by atoms with Gasteiger partial charge in [0.1, 0.15) is 0 Å². The first-order valence-electron chi connectivity index (χ1n) is 11.9. The van der Waals surface area contributed by atoms with Crippen LogP contribution in [0.2, 0.25) is 0 Å². The number of nitrogens with one attached hydrogen (secondary N) is 2. The second-order valence-corrected chi connectivity index (χ2v) is 9.07. The van der Waals surface area contributed by atoms with Gasteiger partial charge < -0.3 is 20.5 Å². The molecule has 0 bridgehead atoms. The molecule has 3 rings (SSSR count). The molecule has 1 aromatic rings. The summed E-state index contributed by atoms with van der Waals surface area (Å²) in [5, 5.41) is 17.7. The average Bonchev–Trinajstić information content (AvgIpc) is 2.78. The van der Waals surface area contributed by atoms with Crippen LogP contribution in [0.25, 0.3) is 0 Å². The van der Waals surface area contributed by atoms with Crippen LogP contribution in [0.1, 0.15) is 38.7 Å². The van der Waals surface area contributed by atoms with E-state index in [4.69, 9.17) is 9.73 Å². The number of benzene rings is 1. The number of guanidine groups is 1. The molecule has 3 N–H and O–H groups in total. The third-order valence-corrected chi connectivity index (χ3v) is 6.07. The van der Waals surface area contributed by atoms with Gasteiger partial charge in [-0.05, 0) is 38.8 Å². The number of likely N-dealkylation sites (tertiary alicyclic amines) is 1. The van der Waals surface area contributed by atoms with Crippen LogP contribution < -0.4 is 10.6 Å². The van der Waals surface area contributed by atoms with E-state index in [1.807, 2.05) is 6.92 Å². The third kappa shape index (κ3) is 8.41. The molecule has 2 heterocycles. The van der Waals surface area contributed by atoms with Gasteiger partial charge >= 0.3 is 0 Å². The molecule has 2 aliphatic rings. The summed E-state index contributed by atoms with van der Waals surface area (Å²) in [7, 11) is 0. The van der Waals surface area contributed by atoms with Crippen molar-refractivity contribution in [2.75, 3.05) is 59.0 Å². The van der Waals surface area contributed by atoms with Gasteiger partial charge in [0, 0.05) is 45.3 Å². The van der Waals surface area contributed by atoms with Crippen LogP contribution >= 0.6 is 0 Å². The van der Waals surface area contributed by atoms with Crippen LogP contribution in [0.5, 0.6) is 0 Å². The Morgan fingerprint density at radius 3 is 2.68 bits per heavy atom. The van der Waals surface area contributed by atoms with Crippen LogP contribution in [0.3, 0.4) is 0 Å². The fraction of sp³-hybridized carbons (Fsp3) is 0.708. The van der Waals surface area contributed by atoms with Gasteiger partial charge in [-0.1, -0.05) is 36.8 Å². The van der Waals surface area contributed by atoms with Crippen molar-refractivity contribution < 1.29 is 9.84 Å².